The van der Waals surface area contributed by atoms with Crippen LogP contribution < -0.4 is 0 Å². The van der Waals surface area contributed by atoms with E-state index in [-0.39, 0.29) is 18.0 Å². The van der Waals surface area contributed by atoms with E-state index in [1.165, 1.54) is 12.1 Å². The predicted octanol–water partition coefficient (Wildman–Crippen LogP) is 6.98. The van der Waals surface area contributed by atoms with Gasteiger partial charge in [0, 0.05) is 54.6 Å². The quantitative estimate of drug-likeness (QED) is 0.336. The third-order valence-electron chi connectivity index (χ3n) is 7.42. The minimum atomic E-state index is -0.304. The zero-order valence-electron chi connectivity index (χ0n) is 22.2. The molecule has 202 valence electrons. The molecule has 2 aromatic carbocycles. The summed E-state index contributed by atoms with van der Waals surface area (Å²) in [5.74, 6) is 1.93. The second kappa shape index (κ2) is 12.5. The number of imidazole rings is 1. The van der Waals surface area contributed by atoms with Gasteiger partial charge in [0.1, 0.15) is 29.6 Å². The molecule has 8 heteroatoms. The summed E-state index contributed by atoms with van der Waals surface area (Å²) in [6, 6.07) is 12.0. The van der Waals surface area contributed by atoms with Gasteiger partial charge >= 0.3 is 0 Å². The van der Waals surface area contributed by atoms with E-state index in [9.17, 15) is 9.18 Å². The molecule has 0 radical (unpaired) electrons. The number of aromatic nitrogens is 2. The second-order valence-electron chi connectivity index (χ2n) is 10.3. The summed E-state index contributed by atoms with van der Waals surface area (Å²) >= 11 is 6.23. The maximum absolute atomic E-state index is 13.6. The van der Waals surface area contributed by atoms with Gasteiger partial charge in [0.05, 0.1) is 12.1 Å². The van der Waals surface area contributed by atoms with Crippen LogP contribution in [0.2, 0.25) is 5.02 Å². The Kier molecular flexibility index (Phi) is 8.67. The van der Waals surface area contributed by atoms with Crippen LogP contribution >= 0.6 is 11.6 Å². The maximum Gasteiger partial charge on any atom is 0.140 e. The van der Waals surface area contributed by atoms with Crippen molar-refractivity contribution in [2.24, 2.45) is 15.9 Å². The highest BCUT2D eigenvalue weighted by Gasteiger charge is 2.23. The van der Waals surface area contributed by atoms with Gasteiger partial charge in [-0.2, -0.15) is 0 Å². The molecular weight excluding hydrogens is 513 g/mol. The van der Waals surface area contributed by atoms with E-state index in [0.717, 1.165) is 73.5 Å². The van der Waals surface area contributed by atoms with Crippen LogP contribution in [0.25, 0.3) is 16.9 Å². The summed E-state index contributed by atoms with van der Waals surface area (Å²) in [5, 5.41) is 0.695. The summed E-state index contributed by atoms with van der Waals surface area (Å²) in [6.07, 6.45) is 13.0. The van der Waals surface area contributed by atoms with Crippen molar-refractivity contribution in [2.75, 3.05) is 13.1 Å². The zero-order valence-corrected chi connectivity index (χ0v) is 22.9. The van der Waals surface area contributed by atoms with Gasteiger partial charge in [-0.25, -0.2) is 19.4 Å². The van der Waals surface area contributed by atoms with E-state index in [4.69, 9.17) is 16.6 Å². The first-order valence-electron chi connectivity index (χ1n) is 13.6. The summed E-state index contributed by atoms with van der Waals surface area (Å²) in [4.78, 5) is 29.3. The predicted molar refractivity (Wildman–Crippen MR) is 155 cm³/mol. The van der Waals surface area contributed by atoms with Crippen molar-refractivity contribution in [3.8, 4) is 16.9 Å². The topological polar surface area (TPSA) is 62.9 Å². The molecule has 0 spiro atoms. The van der Waals surface area contributed by atoms with Crippen molar-refractivity contribution in [1.29, 1.82) is 0 Å². The number of benzene rings is 2. The molecule has 3 aromatic rings. The van der Waals surface area contributed by atoms with Gasteiger partial charge in [0.2, 0.25) is 0 Å². The van der Waals surface area contributed by atoms with Crippen molar-refractivity contribution in [2.45, 2.75) is 51.9 Å². The highest BCUT2D eigenvalue weighted by Crippen LogP contribution is 2.27. The Morgan fingerprint density at radius 2 is 1.97 bits per heavy atom. The molecule has 2 aliphatic heterocycles. The standard InChI is InChI=1S/C31H33ClFN5O/c1-22-17-24(7-12-28(22)32)29-20-38(26-10-8-25(33)9-11-26)31(36-29)19-27(39)18-23-5-4-15-37(16-13-23)30-6-2-3-14-34-21-35-30/h3,7-12,14,17,20-21,23H,2,4-6,13,15-16,18-19H2,1H3/b14-3-,34-21?,35-30?. The summed E-state index contributed by atoms with van der Waals surface area (Å²) in [6.45, 7) is 3.81. The van der Waals surface area contributed by atoms with Crippen LogP contribution in [0, 0.1) is 18.7 Å². The molecule has 0 aliphatic carbocycles. The van der Waals surface area contributed by atoms with Gasteiger partial charge in [-0.3, -0.25) is 4.79 Å². The molecule has 1 atom stereocenters. The average molecular weight is 546 g/mol. The Morgan fingerprint density at radius 1 is 1.13 bits per heavy atom. The first-order chi connectivity index (χ1) is 19.0. The minimum Gasteiger partial charge on any atom is -0.360 e. The Labute approximate surface area is 234 Å². The highest BCUT2D eigenvalue weighted by molar-refractivity contribution is 6.31. The van der Waals surface area contributed by atoms with Crippen LogP contribution in [-0.4, -0.2) is 45.5 Å². The largest absolute Gasteiger partial charge is 0.360 e. The fraction of sp³-hybridized carbons (Fsp3) is 0.355. The van der Waals surface area contributed by atoms with Crippen molar-refractivity contribution < 1.29 is 9.18 Å². The number of Topliss-reactive ketones (excluding diaryl/α,β-unsaturated/α-hetero) is 1. The number of aryl methyl sites for hydroxylation is 1. The molecule has 2 aliphatic rings. The van der Waals surface area contributed by atoms with Gasteiger partial charge in [0.25, 0.3) is 0 Å². The molecule has 1 aromatic heterocycles. The van der Waals surface area contributed by atoms with E-state index in [0.29, 0.717) is 23.2 Å². The van der Waals surface area contributed by atoms with Crippen LogP contribution in [0.15, 0.2) is 70.9 Å². The third-order valence-corrected chi connectivity index (χ3v) is 7.85. The minimum absolute atomic E-state index is 0.168. The number of amidine groups is 1. The van der Waals surface area contributed by atoms with Crippen LogP contribution in [0.5, 0.6) is 0 Å². The average Bonchev–Trinajstić information content (AvgIpc) is 3.17. The van der Waals surface area contributed by atoms with Crippen molar-refractivity contribution in [3.63, 3.8) is 0 Å². The van der Waals surface area contributed by atoms with Crippen molar-refractivity contribution in [3.05, 3.63) is 83.2 Å². The van der Waals surface area contributed by atoms with Crippen LogP contribution in [0.1, 0.15) is 49.9 Å². The van der Waals surface area contributed by atoms with E-state index < -0.39 is 0 Å². The fourth-order valence-electron chi connectivity index (χ4n) is 5.30. The van der Waals surface area contributed by atoms with E-state index in [1.54, 1.807) is 24.7 Å². The lowest BCUT2D eigenvalue weighted by Gasteiger charge is -2.24. The molecule has 1 unspecified atom stereocenters. The number of rotatable bonds is 6. The van der Waals surface area contributed by atoms with Crippen molar-refractivity contribution in [1.82, 2.24) is 14.5 Å². The van der Waals surface area contributed by atoms with Crippen LogP contribution in [0.3, 0.4) is 0 Å². The summed E-state index contributed by atoms with van der Waals surface area (Å²) < 4.78 is 15.5. The number of ketones is 1. The molecule has 1 saturated heterocycles. The second-order valence-corrected chi connectivity index (χ2v) is 10.7. The van der Waals surface area contributed by atoms with Gasteiger partial charge in [0.15, 0.2) is 0 Å². The number of hydrogen-bond acceptors (Lipinski definition) is 5. The molecular formula is C31H33ClFN5O. The summed E-state index contributed by atoms with van der Waals surface area (Å²) in [5.41, 5.74) is 3.41. The molecule has 39 heavy (non-hydrogen) atoms. The first kappa shape index (κ1) is 27.0. The monoisotopic (exact) mass is 545 g/mol. The number of halogens is 2. The molecule has 0 saturated carbocycles. The number of allylic oxidation sites excluding steroid dienone is 1. The van der Waals surface area contributed by atoms with Gasteiger partial charge < -0.3 is 9.47 Å². The highest BCUT2D eigenvalue weighted by atomic mass is 35.5. The Bertz CT molecular complexity index is 1410. The van der Waals surface area contributed by atoms with E-state index >= 15 is 0 Å². The zero-order chi connectivity index (χ0) is 27.2. The van der Waals surface area contributed by atoms with Gasteiger partial charge in [-0.15, -0.1) is 0 Å². The lowest BCUT2D eigenvalue weighted by molar-refractivity contribution is -0.119. The normalized spacial score (nSPS) is 18.7. The fourth-order valence-corrected chi connectivity index (χ4v) is 5.42. The molecule has 0 N–H and O–H groups in total. The molecule has 3 heterocycles. The van der Waals surface area contributed by atoms with Gasteiger partial charge in [-0.1, -0.05) is 23.7 Å². The Morgan fingerprint density at radius 3 is 2.79 bits per heavy atom. The summed E-state index contributed by atoms with van der Waals surface area (Å²) in [7, 11) is 0. The Balaban J connectivity index is 1.30. The van der Waals surface area contributed by atoms with Gasteiger partial charge in [-0.05, 0) is 80.5 Å². The van der Waals surface area contributed by atoms with Crippen LogP contribution in [-0.2, 0) is 11.2 Å². The number of likely N-dealkylation sites (tertiary alicyclic amines) is 1. The smallest absolute Gasteiger partial charge is 0.140 e. The third kappa shape index (κ3) is 6.90. The molecule has 6 nitrogen and oxygen atoms in total. The molecule has 5 rings (SSSR count). The number of aliphatic imine (C=N–C) groups is 2. The number of carbonyl (C=O) groups excluding carboxylic acids is 1. The Hall–Kier alpha value is -3.58. The molecule has 0 amide bonds. The maximum atomic E-state index is 13.6. The lowest BCUT2D eigenvalue weighted by atomic mass is 9.93. The van der Waals surface area contributed by atoms with E-state index in [1.807, 2.05) is 35.9 Å². The number of nitrogens with zero attached hydrogens (tertiary/aromatic N) is 5. The first-order valence-corrected chi connectivity index (χ1v) is 13.9. The van der Waals surface area contributed by atoms with E-state index in [2.05, 4.69) is 21.0 Å². The van der Waals surface area contributed by atoms with Crippen LogP contribution in [0.4, 0.5) is 4.39 Å². The SMILES string of the molecule is Cc1cc(-c2cn(-c3ccc(F)cc3)c(CC(=O)CC3CCCN(C4=NC=N/C=C\CC4)CC3)n2)ccc1Cl. The number of carbonyl (C=O) groups is 1. The molecule has 1 fully saturated rings. The molecule has 0 bridgehead atoms. The number of hydrogen-bond donors (Lipinski definition) is 0. The van der Waals surface area contributed by atoms with Crippen molar-refractivity contribution >= 4 is 29.6 Å². The lowest BCUT2D eigenvalue weighted by Crippen LogP contribution is -2.32.